The van der Waals surface area contributed by atoms with Crippen LogP contribution in [0.4, 0.5) is 4.39 Å². The van der Waals surface area contributed by atoms with Crippen LogP contribution in [0, 0.1) is 5.82 Å². The monoisotopic (exact) mass is 271 g/mol. The van der Waals surface area contributed by atoms with Gasteiger partial charge in [-0.1, -0.05) is 6.92 Å². The third-order valence-electron chi connectivity index (χ3n) is 3.14. The molecule has 0 saturated heterocycles. The van der Waals surface area contributed by atoms with Crippen molar-refractivity contribution in [1.29, 1.82) is 0 Å². The average Bonchev–Trinajstić information content (AvgIpc) is 2.70. The van der Waals surface area contributed by atoms with Crippen LogP contribution >= 0.6 is 0 Å². The first-order valence-corrected chi connectivity index (χ1v) is 7.50. The Morgan fingerprint density at radius 3 is 3.11 bits per heavy atom. The number of rotatable bonds is 5. The van der Waals surface area contributed by atoms with Gasteiger partial charge in [-0.3, -0.25) is 4.21 Å². The van der Waals surface area contributed by atoms with Crippen LogP contribution in [0.5, 0.6) is 5.75 Å². The maximum Gasteiger partial charge on any atom is 0.123 e. The first-order valence-electron chi connectivity index (χ1n) is 6.12. The summed E-state index contributed by atoms with van der Waals surface area (Å²) in [6.45, 7) is 2.48. The average molecular weight is 271 g/mol. The summed E-state index contributed by atoms with van der Waals surface area (Å²) in [6.07, 6.45) is 1.28. The van der Waals surface area contributed by atoms with Crippen molar-refractivity contribution < 1.29 is 13.3 Å². The van der Waals surface area contributed by atoms with E-state index in [2.05, 4.69) is 0 Å². The molecule has 0 aliphatic carbocycles. The second-order valence-corrected chi connectivity index (χ2v) is 6.53. The van der Waals surface area contributed by atoms with Gasteiger partial charge in [0.15, 0.2) is 0 Å². The lowest BCUT2D eigenvalue weighted by Crippen LogP contribution is -2.27. The molecule has 1 aromatic carbocycles. The van der Waals surface area contributed by atoms with Crippen molar-refractivity contribution in [3.8, 4) is 5.75 Å². The van der Waals surface area contributed by atoms with E-state index in [0.717, 1.165) is 12.0 Å². The van der Waals surface area contributed by atoms with Gasteiger partial charge in [0.05, 0.1) is 5.75 Å². The van der Waals surface area contributed by atoms with Crippen molar-refractivity contribution in [3.63, 3.8) is 0 Å². The van der Waals surface area contributed by atoms with E-state index in [0.29, 0.717) is 24.5 Å². The van der Waals surface area contributed by atoms with Gasteiger partial charge in [-0.15, -0.1) is 0 Å². The van der Waals surface area contributed by atoms with Crippen LogP contribution in [0.15, 0.2) is 18.2 Å². The molecule has 0 fully saturated rings. The summed E-state index contributed by atoms with van der Waals surface area (Å²) in [5.41, 5.74) is 6.32. The Morgan fingerprint density at radius 1 is 1.61 bits per heavy atom. The summed E-state index contributed by atoms with van der Waals surface area (Å²) in [6, 6.07) is 4.51. The molecular formula is C13H18FNO2S. The molecule has 0 aromatic heterocycles. The van der Waals surface area contributed by atoms with E-state index in [-0.39, 0.29) is 17.2 Å². The molecule has 3 unspecified atom stereocenters. The zero-order valence-electron chi connectivity index (χ0n) is 10.4. The molecule has 0 radical (unpaired) electrons. The second-order valence-electron chi connectivity index (χ2n) is 4.63. The van der Waals surface area contributed by atoms with Gasteiger partial charge < -0.3 is 10.5 Å². The standard InChI is InChI=1S/C13H18FNO2S/c1-9(4-5-15)18(16)8-12-7-10-6-11(14)2-3-13(10)17-12/h2-3,6,9,12H,4-5,7-8,15H2,1H3. The zero-order valence-corrected chi connectivity index (χ0v) is 11.2. The predicted molar refractivity (Wildman–Crippen MR) is 70.7 cm³/mol. The fraction of sp³-hybridized carbons (Fsp3) is 0.538. The van der Waals surface area contributed by atoms with E-state index in [1.807, 2.05) is 6.92 Å². The molecule has 0 amide bonds. The largest absolute Gasteiger partial charge is 0.489 e. The van der Waals surface area contributed by atoms with Crippen LogP contribution in [-0.4, -0.2) is 27.9 Å². The molecule has 100 valence electrons. The van der Waals surface area contributed by atoms with Gasteiger partial charge in [-0.05, 0) is 31.2 Å². The van der Waals surface area contributed by atoms with Gasteiger partial charge in [0.2, 0.25) is 0 Å². The molecule has 0 spiro atoms. The Kier molecular flexibility index (Phi) is 4.35. The normalized spacial score (nSPS) is 21.2. The third-order valence-corrected chi connectivity index (χ3v) is 4.97. The van der Waals surface area contributed by atoms with Crippen LogP contribution in [0.25, 0.3) is 0 Å². The fourth-order valence-electron chi connectivity index (χ4n) is 2.10. The van der Waals surface area contributed by atoms with Gasteiger partial charge in [-0.2, -0.15) is 0 Å². The van der Waals surface area contributed by atoms with Crippen molar-refractivity contribution in [3.05, 3.63) is 29.6 Å². The minimum atomic E-state index is -0.947. The first-order chi connectivity index (χ1) is 8.60. The number of nitrogens with two attached hydrogens (primary N) is 1. The molecule has 3 atom stereocenters. The SMILES string of the molecule is CC(CCN)S(=O)CC1Cc2cc(F)ccc2O1. The Balaban J connectivity index is 1.93. The number of hydrogen-bond acceptors (Lipinski definition) is 3. The number of fused-ring (bicyclic) bond motifs is 1. The summed E-state index contributed by atoms with van der Waals surface area (Å²) < 4.78 is 30.7. The van der Waals surface area contributed by atoms with Crippen LogP contribution < -0.4 is 10.5 Å². The number of hydrogen-bond donors (Lipinski definition) is 1. The van der Waals surface area contributed by atoms with Gasteiger partial charge in [0.1, 0.15) is 17.7 Å². The minimum absolute atomic E-state index is 0.0825. The van der Waals surface area contributed by atoms with Crippen molar-refractivity contribution in [2.45, 2.75) is 31.1 Å². The highest BCUT2D eigenvalue weighted by Gasteiger charge is 2.26. The molecule has 2 N–H and O–H groups in total. The lowest BCUT2D eigenvalue weighted by Gasteiger charge is -2.14. The Bertz CT molecular complexity index is 453. The lowest BCUT2D eigenvalue weighted by atomic mass is 10.1. The highest BCUT2D eigenvalue weighted by atomic mass is 32.2. The molecule has 2 rings (SSSR count). The van der Waals surface area contributed by atoms with Gasteiger partial charge in [0.25, 0.3) is 0 Å². The summed E-state index contributed by atoms with van der Waals surface area (Å²) >= 11 is 0. The van der Waals surface area contributed by atoms with Crippen LogP contribution in [-0.2, 0) is 17.2 Å². The highest BCUT2D eigenvalue weighted by Crippen LogP contribution is 2.29. The van der Waals surface area contributed by atoms with Gasteiger partial charge in [0, 0.05) is 28.0 Å². The summed E-state index contributed by atoms with van der Waals surface area (Å²) in [5.74, 6) is 0.942. The zero-order chi connectivity index (χ0) is 13.1. The molecule has 1 aromatic rings. The van der Waals surface area contributed by atoms with E-state index in [1.165, 1.54) is 12.1 Å². The molecular weight excluding hydrogens is 253 g/mol. The minimum Gasteiger partial charge on any atom is -0.489 e. The van der Waals surface area contributed by atoms with Crippen LogP contribution in [0.2, 0.25) is 0 Å². The summed E-state index contributed by atoms with van der Waals surface area (Å²) in [5, 5.41) is 0.0825. The maximum atomic E-state index is 13.1. The van der Waals surface area contributed by atoms with E-state index < -0.39 is 10.8 Å². The molecule has 1 aliphatic rings. The van der Waals surface area contributed by atoms with Gasteiger partial charge in [-0.25, -0.2) is 4.39 Å². The summed E-state index contributed by atoms with van der Waals surface area (Å²) in [7, 11) is -0.947. The number of halogens is 1. The van der Waals surface area contributed by atoms with E-state index in [4.69, 9.17) is 10.5 Å². The van der Waals surface area contributed by atoms with Crippen molar-refractivity contribution in [2.24, 2.45) is 5.73 Å². The van der Waals surface area contributed by atoms with E-state index in [1.54, 1.807) is 6.07 Å². The lowest BCUT2D eigenvalue weighted by molar-refractivity contribution is 0.258. The van der Waals surface area contributed by atoms with Crippen LogP contribution in [0.3, 0.4) is 0 Å². The maximum absolute atomic E-state index is 13.1. The molecule has 18 heavy (non-hydrogen) atoms. The fourth-order valence-corrected chi connectivity index (χ4v) is 3.38. The Labute approximate surface area is 109 Å². The summed E-state index contributed by atoms with van der Waals surface area (Å²) in [4.78, 5) is 0. The van der Waals surface area contributed by atoms with Crippen molar-refractivity contribution in [1.82, 2.24) is 0 Å². The Morgan fingerprint density at radius 2 is 2.39 bits per heavy atom. The van der Waals surface area contributed by atoms with Crippen molar-refractivity contribution >= 4 is 10.8 Å². The molecule has 1 heterocycles. The number of benzene rings is 1. The van der Waals surface area contributed by atoms with Gasteiger partial charge >= 0.3 is 0 Å². The first kappa shape index (κ1) is 13.5. The topological polar surface area (TPSA) is 52.3 Å². The molecule has 3 nitrogen and oxygen atoms in total. The second kappa shape index (κ2) is 5.80. The number of ether oxygens (including phenoxy) is 1. The third kappa shape index (κ3) is 3.09. The molecule has 0 bridgehead atoms. The Hall–Kier alpha value is -0.940. The van der Waals surface area contributed by atoms with E-state index >= 15 is 0 Å². The van der Waals surface area contributed by atoms with E-state index in [9.17, 15) is 8.60 Å². The molecule has 1 aliphatic heterocycles. The quantitative estimate of drug-likeness (QED) is 0.885. The highest BCUT2D eigenvalue weighted by molar-refractivity contribution is 7.85. The smallest absolute Gasteiger partial charge is 0.123 e. The molecule has 5 heteroatoms. The predicted octanol–water partition coefficient (Wildman–Crippen LogP) is 1.62. The van der Waals surface area contributed by atoms with Crippen LogP contribution in [0.1, 0.15) is 18.9 Å². The molecule has 0 saturated carbocycles. The van der Waals surface area contributed by atoms with Crippen molar-refractivity contribution in [2.75, 3.05) is 12.3 Å².